The first-order valence-corrected chi connectivity index (χ1v) is 17.4. The second-order valence-corrected chi connectivity index (χ2v) is 12.3. The summed E-state index contributed by atoms with van der Waals surface area (Å²) in [6.07, 6.45) is 0. The molecule has 0 aliphatic carbocycles. The smallest absolute Gasteiger partial charge is 0.488 e. The molecular formula is C31H43NO6PS2+. The van der Waals surface area contributed by atoms with Crippen molar-refractivity contribution in [2.24, 2.45) is 0 Å². The standard InChI is InChI=1S/C25H27O6PS2.C6H15N/c1-28-23-12-8-21(9-13-23)25(20-6-4-3-5-7-20,22-10-14-24(29-2)15-11-22)30-16-18-33-34-19-17-31-32(26)27;1-4-7(5-2)6-3/h3-15H,16-19H2,1-2H3;4-6H2,1-3H3/p+1. The largest absolute Gasteiger partial charge is 0.566 e. The van der Waals surface area contributed by atoms with Crippen LogP contribution >= 0.6 is 29.8 Å². The van der Waals surface area contributed by atoms with Crippen LogP contribution in [0, 0.1) is 0 Å². The van der Waals surface area contributed by atoms with E-state index in [1.807, 2.05) is 66.7 Å². The van der Waals surface area contributed by atoms with Crippen LogP contribution in [0.5, 0.6) is 11.5 Å². The van der Waals surface area contributed by atoms with Crippen LogP contribution in [0.3, 0.4) is 0 Å². The summed E-state index contributed by atoms with van der Waals surface area (Å²) >= 11 is 0. The summed E-state index contributed by atoms with van der Waals surface area (Å²) in [6.45, 7) is 11.1. The predicted molar refractivity (Wildman–Crippen MR) is 169 cm³/mol. The molecule has 7 nitrogen and oxygen atoms in total. The van der Waals surface area contributed by atoms with Crippen molar-refractivity contribution < 1.29 is 33.1 Å². The number of hydrogen-bond acceptors (Lipinski definition) is 8. The van der Waals surface area contributed by atoms with Gasteiger partial charge in [0.1, 0.15) is 23.7 Å². The van der Waals surface area contributed by atoms with Gasteiger partial charge in [0, 0.05) is 11.5 Å². The first-order valence-electron chi connectivity index (χ1n) is 13.8. The van der Waals surface area contributed by atoms with E-state index >= 15 is 0 Å². The Balaban J connectivity index is 0.000000745. The second kappa shape index (κ2) is 19.9. The molecule has 3 rings (SSSR count). The molecule has 0 aliphatic heterocycles. The van der Waals surface area contributed by atoms with Gasteiger partial charge in [-0.05, 0) is 66.3 Å². The topological polar surface area (TPSA) is 81.5 Å². The number of rotatable bonds is 17. The van der Waals surface area contributed by atoms with E-state index in [1.54, 1.807) is 40.7 Å². The third-order valence-corrected chi connectivity index (χ3v) is 9.33. The SMILES string of the molecule is CC[NH+](CC)CC.COc1ccc(C(OCCSSCCO[P+](=O)[O-])(c2ccccc2)c2ccc(OC)cc2)cc1. The van der Waals surface area contributed by atoms with Crippen molar-refractivity contribution >= 4 is 29.8 Å². The van der Waals surface area contributed by atoms with Gasteiger partial charge in [0.25, 0.3) is 0 Å². The van der Waals surface area contributed by atoms with Crippen LogP contribution in [0.25, 0.3) is 0 Å². The van der Waals surface area contributed by atoms with E-state index in [0.717, 1.165) is 33.9 Å². The number of nitrogens with one attached hydrogen (secondary N) is 1. The third-order valence-electron chi connectivity index (χ3n) is 6.61. The molecule has 41 heavy (non-hydrogen) atoms. The molecule has 3 aromatic rings. The minimum Gasteiger partial charge on any atom is -0.566 e. The Morgan fingerprint density at radius 1 is 0.707 bits per heavy atom. The van der Waals surface area contributed by atoms with E-state index in [4.69, 9.17) is 14.2 Å². The van der Waals surface area contributed by atoms with E-state index in [-0.39, 0.29) is 6.61 Å². The van der Waals surface area contributed by atoms with Crippen molar-refractivity contribution in [1.29, 1.82) is 0 Å². The predicted octanol–water partition coefficient (Wildman–Crippen LogP) is 5.36. The Morgan fingerprint density at radius 2 is 1.15 bits per heavy atom. The molecule has 1 atom stereocenters. The zero-order valence-corrected chi connectivity index (χ0v) is 27.2. The van der Waals surface area contributed by atoms with Crippen LogP contribution in [-0.4, -0.2) is 58.6 Å². The van der Waals surface area contributed by atoms with Crippen molar-refractivity contribution in [2.45, 2.75) is 26.4 Å². The molecule has 1 N–H and O–H groups in total. The highest BCUT2D eigenvalue weighted by molar-refractivity contribution is 8.76. The Bertz CT molecular complexity index is 1060. The lowest BCUT2D eigenvalue weighted by atomic mass is 9.80. The van der Waals surface area contributed by atoms with Crippen LogP contribution in [0.15, 0.2) is 78.9 Å². The van der Waals surface area contributed by atoms with Crippen molar-refractivity contribution in [3.05, 3.63) is 95.6 Å². The molecule has 0 saturated carbocycles. The molecule has 0 spiro atoms. The molecule has 0 aliphatic rings. The third kappa shape index (κ3) is 11.2. The number of ether oxygens (including phenoxy) is 3. The summed E-state index contributed by atoms with van der Waals surface area (Å²) in [7, 11) is 3.67. The summed E-state index contributed by atoms with van der Waals surface area (Å²) in [5.41, 5.74) is 2.13. The molecule has 1 unspecified atom stereocenters. The molecule has 0 heterocycles. The molecule has 0 saturated heterocycles. The molecule has 10 heteroatoms. The van der Waals surface area contributed by atoms with Gasteiger partial charge in [-0.15, -0.1) is 4.52 Å². The van der Waals surface area contributed by atoms with Crippen molar-refractivity contribution in [3.63, 3.8) is 0 Å². The fourth-order valence-corrected chi connectivity index (χ4v) is 6.33. The zero-order valence-electron chi connectivity index (χ0n) is 24.7. The molecule has 0 bridgehead atoms. The number of hydrogen-bond donors (Lipinski definition) is 1. The van der Waals surface area contributed by atoms with E-state index < -0.39 is 13.9 Å². The van der Waals surface area contributed by atoms with Gasteiger partial charge in [0.05, 0.1) is 40.5 Å². The average Bonchev–Trinajstić information content (AvgIpc) is 3.02. The first kappa shape index (κ1) is 35.1. The van der Waals surface area contributed by atoms with E-state index in [1.165, 1.54) is 19.6 Å². The molecule has 0 radical (unpaired) electrons. The normalized spacial score (nSPS) is 11.5. The summed E-state index contributed by atoms with van der Waals surface area (Å²) in [5, 5.41) is 0. The quantitative estimate of drug-likeness (QED) is 0.0936. The highest BCUT2D eigenvalue weighted by Gasteiger charge is 2.37. The monoisotopic (exact) mass is 620 g/mol. The maximum atomic E-state index is 10.5. The van der Waals surface area contributed by atoms with Gasteiger partial charge in [-0.3, -0.25) is 0 Å². The van der Waals surface area contributed by atoms with E-state index in [9.17, 15) is 9.46 Å². The lowest BCUT2D eigenvalue weighted by molar-refractivity contribution is -0.894. The molecule has 0 aromatic heterocycles. The van der Waals surface area contributed by atoms with Crippen LogP contribution in [0.4, 0.5) is 0 Å². The van der Waals surface area contributed by atoms with Gasteiger partial charge >= 0.3 is 8.25 Å². The van der Waals surface area contributed by atoms with Gasteiger partial charge < -0.3 is 24.0 Å². The second-order valence-electron chi connectivity index (χ2n) is 8.86. The summed E-state index contributed by atoms with van der Waals surface area (Å²) in [6, 6.07) is 26.0. The molecule has 0 fully saturated rings. The number of benzene rings is 3. The van der Waals surface area contributed by atoms with Gasteiger partial charge in [-0.25, -0.2) is 0 Å². The van der Waals surface area contributed by atoms with Crippen LogP contribution in [0.1, 0.15) is 37.5 Å². The summed E-state index contributed by atoms with van der Waals surface area (Å²) < 4.78 is 32.6. The maximum absolute atomic E-state index is 10.5. The van der Waals surface area contributed by atoms with Gasteiger partial charge in [0.2, 0.25) is 0 Å². The molecule has 224 valence electrons. The van der Waals surface area contributed by atoms with Crippen LogP contribution < -0.4 is 19.3 Å². The minimum atomic E-state index is -2.79. The van der Waals surface area contributed by atoms with Gasteiger partial charge in [-0.2, -0.15) is 0 Å². The zero-order chi connectivity index (χ0) is 29.9. The van der Waals surface area contributed by atoms with Crippen molar-refractivity contribution in [1.82, 2.24) is 0 Å². The number of methoxy groups -OCH3 is 2. The first-order chi connectivity index (χ1) is 19.9. The van der Waals surface area contributed by atoms with Crippen LogP contribution in [-0.2, 0) is 19.4 Å². The van der Waals surface area contributed by atoms with Gasteiger partial charge in [0.15, 0.2) is 0 Å². The van der Waals surface area contributed by atoms with Crippen molar-refractivity contribution in [2.75, 3.05) is 58.6 Å². The molecular weight excluding hydrogens is 577 g/mol. The minimum absolute atomic E-state index is 0.170. The molecule has 0 amide bonds. The molecule has 3 aromatic carbocycles. The summed E-state index contributed by atoms with van der Waals surface area (Å²) in [4.78, 5) is 12.2. The Hall–Kier alpha value is -2.10. The van der Waals surface area contributed by atoms with E-state index in [2.05, 4.69) is 37.4 Å². The lowest BCUT2D eigenvalue weighted by Crippen LogP contribution is -3.11. The van der Waals surface area contributed by atoms with E-state index in [0.29, 0.717) is 12.4 Å². The Labute approximate surface area is 254 Å². The Morgan fingerprint density at radius 3 is 1.54 bits per heavy atom. The lowest BCUT2D eigenvalue weighted by Gasteiger charge is -2.36. The highest BCUT2D eigenvalue weighted by atomic mass is 33.1. The highest BCUT2D eigenvalue weighted by Crippen LogP contribution is 2.42. The average molecular weight is 621 g/mol. The summed E-state index contributed by atoms with van der Waals surface area (Å²) in [5.74, 6) is 2.84. The Kier molecular flexibility index (Phi) is 17.1. The van der Waals surface area contributed by atoms with Gasteiger partial charge in [-0.1, -0.05) is 76.2 Å². The fourth-order valence-electron chi connectivity index (χ4n) is 4.32. The number of quaternary nitrogens is 1. The van der Waals surface area contributed by atoms with Crippen molar-refractivity contribution in [3.8, 4) is 11.5 Å². The fraction of sp³-hybridized carbons (Fsp3) is 0.419. The van der Waals surface area contributed by atoms with Crippen LogP contribution in [0.2, 0.25) is 0 Å². The maximum Gasteiger partial charge on any atom is 0.488 e.